The number of nitrogen functional groups attached to an aromatic ring is 1. The van der Waals surface area contributed by atoms with Crippen molar-refractivity contribution >= 4 is 17.4 Å². The van der Waals surface area contributed by atoms with E-state index in [0.717, 1.165) is 0 Å². The zero-order chi connectivity index (χ0) is 9.14. The third-order valence-corrected chi connectivity index (χ3v) is 1.56. The Morgan fingerprint density at radius 2 is 1.92 bits per heavy atom. The minimum atomic E-state index is 0.133. The Morgan fingerprint density at radius 3 is 2.42 bits per heavy atom. The average Bonchev–Trinajstić information content (AvgIpc) is 2.09. The number of anilines is 1. The van der Waals surface area contributed by atoms with Crippen molar-refractivity contribution in [1.29, 1.82) is 0 Å². The van der Waals surface area contributed by atoms with Crippen molar-refractivity contribution in [2.75, 3.05) is 20.0 Å². The van der Waals surface area contributed by atoms with E-state index in [1.165, 1.54) is 14.2 Å². The molecule has 66 valence electrons. The molecular formula is C6H8ClN3O2. The van der Waals surface area contributed by atoms with E-state index < -0.39 is 0 Å². The van der Waals surface area contributed by atoms with Crippen molar-refractivity contribution in [2.24, 2.45) is 0 Å². The fraction of sp³-hybridized carbons (Fsp3) is 0.333. The predicted octanol–water partition coefficient (Wildman–Crippen LogP) is 0.729. The summed E-state index contributed by atoms with van der Waals surface area (Å²) >= 11 is 5.69. The molecule has 0 saturated heterocycles. The van der Waals surface area contributed by atoms with E-state index in [2.05, 4.69) is 9.97 Å². The first kappa shape index (κ1) is 8.86. The Hall–Kier alpha value is -1.23. The second-order valence-electron chi connectivity index (χ2n) is 1.92. The number of methoxy groups -OCH3 is 2. The summed E-state index contributed by atoms with van der Waals surface area (Å²) in [6, 6.07) is 0.133. The van der Waals surface area contributed by atoms with E-state index in [1.54, 1.807) is 0 Å². The summed E-state index contributed by atoms with van der Waals surface area (Å²) < 4.78 is 9.58. The Kier molecular flexibility index (Phi) is 2.54. The van der Waals surface area contributed by atoms with Gasteiger partial charge in [-0.1, -0.05) is 11.6 Å². The molecule has 1 heterocycles. The molecule has 1 aromatic heterocycles. The highest BCUT2D eigenvalue weighted by Crippen LogP contribution is 2.28. The van der Waals surface area contributed by atoms with Crippen molar-refractivity contribution in [1.82, 2.24) is 9.97 Å². The molecule has 1 aromatic rings. The second-order valence-corrected chi connectivity index (χ2v) is 2.30. The maximum absolute atomic E-state index is 5.69. The Bertz CT molecular complexity index is 292. The maximum Gasteiger partial charge on any atom is 0.321 e. The molecule has 5 nitrogen and oxygen atoms in total. The van der Waals surface area contributed by atoms with Gasteiger partial charge in [0.15, 0.2) is 5.82 Å². The van der Waals surface area contributed by atoms with Crippen molar-refractivity contribution in [2.45, 2.75) is 0 Å². The van der Waals surface area contributed by atoms with Crippen molar-refractivity contribution in [3.8, 4) is 11.9 Å². The minimum Gasteiger partial charge on any atom is -0.480 e. The summed E-state index contributed by atoms with van der Waals surface area (Å²) in [6.07, 6.45) is 0. The molecule has 6 heteroatoms. The van der Waals surface area contributed by atoms with Gasteiger partial charge in [0.1, 0.15) is 5.02 Å². The van der Waals surface area contributed by atoms with Crippen LogP contribution in [0.3, 0.4) is 0 Å². The van der Waals surface area contributed by atoms with Crippen LogP contribution in [-0.2, 0) is 0 Å². The molecule has 0 unspecified atom stereocenters. The zero-order valence-corrected chi connectivity index (χ0v) is 7.42. The monoisotopic (exact) mass is 189 g/mol. The highest BCUT2D eigenvalue weighted by atomic mass is 35.5. The third kappa shape index (κ3) is 1.50. The van der Waals surface area contributed by atoms with Crippen LogP contribution in [0.1, 0.15) is 0 Å². The number of rotatable bonds is 2. The molecule has 0 spiro atoms. The van der Waals surface area contributed by atoms with Crippen LogP contribution in [0.4, 0.5) is 5.82 Å². The molecule has 0 aliphatic heterocycles. The lowest BCUT2D eigenvalue weighted by Gasteiger charge is -2.05. The SMILES string of the molecule is COc1nc(N)c(Cl)c(OC)n1. The number of halogens is 1. The number of ether oxygens (including phenoxy) is 2. The molecular weight excluding hydrogens is 182 g/mol. The summed E-state index contributed by atoms with van der Waals surface area (Å²) in [5, 5.41) is 0.193. The summed E-state index contributed by atoms with van der Waals surface area (Å²) in [6.45, 7) is 0. The van der Waals surface area contributed by atoms with E-state index >= 15 is 0 Å². The molecule has 0 radical (unpaired) electrons. The van der Waals surface area contributed by atoms with Gasteiger partial charge in [-0.2, -0.15) is 9.97 Å². The van der Waals surface area contributed by atoms with Gasteiger partial charge in [-0.3, -0.25) is 0 Å². The average molecular weight is 190 g/mol. The van der Waals surface area contributed by atoms with Crippen LogP contribution >= 0.6 is 11.6 Å². The molecule has 1 rings (SSSR count). The van der Waals surface area contributed by atoms with E-state index in [0.29, 0.717) is 0 Å². The van der Waals surface area contributed by atoms with Gasteiger partial charge in [0.25, 0.3) is 0 Å². The summed E-state index contributed by atoms with van der Waals surface area (Å²) in [7, 11) is 2.87. The first-order valence-corrected chi connectivity index (χ1v) is 3.47. The van der Waals surface area contributed by atoms with E-state index in [9.17, 15) is 0 Å². The van der Waals surface area contributed by atoms with Crippen LogP contribution < -0.4 is 15.2 Å². The van der Waals surface area contributed by atoms with Crippen molar-refractivity contribution < 1.29 is 9.47 Å². The third-order valence-electron chi connectivity index (χ3n) is 1.20. The molecule has 0 aromatic carbocycles. The van der Waals surface area contributed by atoms with Crippen LogP contribution in [0.5, 0.6) is 11.9 Å². The highest BCUT2D eigenvalue weighted by molar-refractivity contribution is 6.34. The van der Waals surface area contributed by atoms with Gasteiger partial charge in [0.05, 0.1) is 14.2 Å². The van der Waals surface area contributed by atoms with Gasteiger partial charge >= 0.3 is 6.01 Å². The lowest BCUT2D eigenvalue weighted by Crippen LogP contribution is -2.00. The smallest absolute Gasteiger partial charge is 0.321 e. The van der Waals surface area contributed by atoms with Gasteiger partial charge in [0, 0.05) is 0 Å². The Morgan fingerprint density at radius 1 is 1.25 bits per heavy atom. The van der Waals surface area contributed by atoms with E-state index in [4.69, 9.17) is 26.8 Å². The summed E-state index contributed by atoms with van der Waals surface area (Å²) in [5.41, 5.74) is 5.43. The predicted molar refractivity (Wildman–Crippen MR) is 44.6 cm³/mol. The topological polar surface area (TPSA) is 70.3 Å². The number of nitrogens with two attached hydrogens (primary N) is 1. The Balaban J connectivity index is 3.19. The first-order valence-electron chi connectivity index (χ1n) is 3.10. The van der Waals surface area contributed by atoms with Crippen LogP contribution in [0.25, 0.3) is 0 Å². The van der Waals surface area contributed by atoms with Crippen molar-refractivity contribution in [3.05, 3.63) is 5.02 Å². The molecule has 0 fully saturated rings. The van der Waals surface area contributed by atoms with Gasteiger partial charge < -0.3 is 15.2 Å². The summed E-state index contributed by atoms with van der Waals surface area (Å²) in [5.74, 6) is 0.349. The maximum atomic E-state index is 5.69. The fourth-order valence-electron chi connectivity index (χ4n) is 0.649. The lowest BCUT2D eigenvalue weighted by atomic mass is 10.5. The van der Waals surface area contributed by atoms with Crippen LogP contribution in [-0.4, -0.2) is 24.2 Å². The molecule has 0 saturated carbocycles. The van der Waals surface area contributed by atoms with E-state index in [-0.39, 0.29) is 22.7 Å². The van der Waals surface area contributed by atoms with E-state index in [1.807, 2.05) is 0 Å². The Labute approximate surface area is 74.5 Å². The van der Waals surface area contributed by atoms with Gasteiger partial charge in [-0.15, -0.1) is 0 Å². The minimum absolute atomic E-state index is 0.133. The molecule has 0 atom stereocenters. The molecule has 0 aliphatic carbocycles. The first-order chi connectivity index (χ1) is 5.69. The zero-order valence-electron chi connectivity index (χ0n) is 6.67. The quantitative estimate of drug-likeness (QED) is 0.743. The highest BCUT2D eigenvalue weighted by Gasteiger charge is 2.10. The fourth-order valence-corrected chi connectivity index (χ4v) is 0.811. The number of nitrogens with zero attached hydrogens (tertiary/aromatic N) is 2. The van der Waals surface area contributed by atoms with Crippen molar-refractivity contribution in [3.63, 3.8) is 0 Å². The number of aromatic nitrogens is 2. The van der Waals surface area contributed by atoms with Crippen LogP contribution in [0.15, 0.2) is 0 Å². The largest absolute Gasteiger partial charge is 0.480 e. The van der Waals surface area contributed by atoms with Gasteiger partial charge in [-0.25, -0.2) is 0 Å². The van der Waals surface area contributed by atoms with Gasteiger partial charge in [-0.05, 0) is 0 Å². The molecule has 0 aliphatic rings. The normalized spacial score (nSPS) is 9.58. The second kappa shape index (κ2) is 3.44. The van der Waals surface area contributed by atoms with Crippen LogP contribution in [0, 0.1) is 0 Å². The molecule has 12 heavy (non-hydrogen) atoms. The molecule has 0 bridgehead atoms. The number of hydrogen-bond donors (Lipinski definition) is 1. The van der Waals surface area contributed by atoms with Gasteiger partial charge in [0.2, 0.25) is 5.88 Å². The summed E-state index contributed by atoms with van der Waals surface area (Å²) in [4.78, 5) is 7.53. The van der Waals surface area contributed by atoms with Crippen LogP contribution in [0.2, 0.25) is 5.02 Å². The lowest BCUT2D eigenvalue weighted by molar-refractivity contribution is 0.353. The standard InChI is InChI=1S/C6H8ClN3O2/c1-11-5-3(7)4(8)9-6(10-5)12-2/h1-2H3,(H2,8,9,10). The molecule has 0 amide bonds. The number of hydrogen-bond acceptors (Lipinski definition) is 5. The molecule has 2 N–H and O–H groups in total.